The van der Waals surface area contributed by atoms with Gasteiger partial charge in [0.15, 0.2) is 5.78 Å². The molecular formula is C15H22N2O. The molecular weight excluding hydrogens is 224 g/mol. The van der Waals surface area contributed by atoms with Gasteiger partial charge in [0.05, 0.1) is 17.2 Å². The molecule has 0 N–H and O–H groups in total. The molecule has 0 saturated carbocycles. The number of likely N-dealkylation sites (N-methyl/N-ethyl adjacent to an activating group) is 1. The maximum absolute atomic E-state index is 12.7. The van der Waals surface area contributed by atoms with Crippen molar-refractivity contribution in [1.29, 1.82) is 0 Å². The Bertz CT molecular complexity index is 452. The third kappa shape index (κ3) is 2.19. The van der Waals surface area contributed by atoms with E-state index >= 15 is 0 Å². The minimum atomic E-state index is -0.434. The molecule has 2 rings (SSSR count). The second kappa shape index (κ2) is 4.81. The van der Waals surface area contributed by atoms with Crippen LogP contribution in [0.1, 0.15) is 43.9 Å². The fourth-order valence-electron chi connectivity index (χ4n) is 2.51. The number of pyridine rings is 1. The Labute approximate surface area is 109 Å². The van der Waals surface area contributed by atoms with Crippen LogP contribution in [0.15, 0.2) is 18.3 Å². The predicted molar refractivity (Wildman–Crippen MR) is 72.7 cm³/mol. The van der Waals surface area contributed by atoms with E-state index in [2.05, 4.69) is 11.1 Å². The maximum Gasteiger partial charge on any atom is 0.161 e. The van der Waals surface area contributed by atoms with Crippen LogP contribution >= 0.6 is 0 Å². The van der Waals surface area contributed by atoms with Crippen molar-refractivity contribution < 1.29 is 4.79 Å². The second-order valence-corrected chi connectivity index (χ2v) is 5.81. The van der Waals surface area contributed by atoms with Gasteiger partial charge in [-0.15, -0.1) is 0 Å². The number of hydrogen-bond donors (Lipinski definition) is 0. The Morgan fingerprint density at radius 2 is 2.17 bits per heavy atom. The van der Waals surface area contributed by atoms with Gasteiger partial charge in [0.2, 0.25) is 0 Å². The average molecular weight is 246 g/mol. The Balaban J connectivity index is 2.34. The average Bonchev–Trinajstić information content (AvgIpc) is 2.37. The van der Waals surface area contributed by atoms with Gasteiger partial charge < -0.3 is 0 Å². The fraction of sp³-hybridized carbons (Fsp3) is 0.600. The first-order valence-electron chi connectivity index (χ1n) is 6.60. The normalized spacial score (nSPS) is 19.7. The van der Waals surface area contributed by atoms with Crippen LogP contribution in [-0.2, 0) is 11.2 Å². The smallest absolute Gasteiger partial charge is 0.161 e. The molecule has 3 heteroatoms. The van der Waals surface area contributed by atoms with E-state index in [0.29, 0.717) is 0 Å². The molecule has 1 aromatic heterocycles. The van der Waals surface area contributed by atoms with E-state index in [0.717, 1.165) is 25.0 Å². The van der Waals surface area contributed by atoms with Crippen LogP contribution in [0, 0.1) is 0 Å². The van der Waals surface area contributed by atoms with Crippen LogP contribution in [-0.4, -0.2) is 35.3 Å². The van der Waals surface area contributed by atoms with Gasteiger partial charge in [0, 0.05) is 6.20 Å². The lowest BCUT2D eigenvalue weighted by atomic mass is 9.78. The van der Waals surface area contributed by atoms with E-state index in [9.17, 15) is 4.79 Å². The predicted octanol–water partition coefficient (Wildman–Crippen LogP) is 2.41. The number of rotatable bonds is 3. The van der Waals surface area contributed by atoms with Gasteiger partial charge in [-0.1, -0.05) is 6.07 Å². The molecule has 0 radical (unpaired) electrons. The summed E-state index contributed by atoms with van der Waals surface area (Å²) in [5.41, 5.74) is 1.82. The summed E-state index contributed by atoms with van der Waals surface area (Å²) in [6.45, 7) is 3.99. The fourth-order valence-corrected chi connectivity index (χ4v) is 2.51. The van der Waals surface area contributed by atoms with E-state index < -0.39 is 5.54 Å². The molecule has 3 nitrogen and oxygen atoms in total. The van der Waals surface area contributed by atoms with Gasteiger partial charge >= 0.3 is 0 Å². The lowest BCUT2D eigenvalue weighted by Crippen LogP contribution is -2.48. The van der Waals surface area contributed by atoms with Crippen LogP contribution in [0.2, 0.25) is 0 Å². The van der Waals surface area contributed by atoms with Gasteiger partial charge in [-0.3, -0.25) is 14.7 Å². The highest BCUT2D eigenvalue weighted by Gasteiger charge is 2.38. The van der Waals surface area contributed by atoms with Crippen LogP contribution in [0.3, 0.4) is 0 Å². The van der Waals surface area contributed by atoms with Gasteiger partial charge in [-0.25, -0.2) is 0 Å². The minimum absolute atomic E-state index is 0.0349. The van der Waals surface area contributed by atoms with Crippen molar-refractivity contribution in [3.63, 3.8) is 0 Å². The topological polar surface area (TPSA) is 33.2 Å². The number of hydrogen-bond acceptors (Lipinski definition) is 3. The molecule has 98 valence electrons. The second-order valence-electron chi connectivity index (χ2n) is 5.81. The van der Waals surface area contributed by atoms with Crippen molar-refractivity contribution in [3.8, 4) is 0 Å². The number of Topliss-reactive ketones (excluding diaryl/α,β-unsaturated/α-hetero) is 1. The molecule has 0 fully saturated rings. The Morgan fingerprint density at radius 3 is 2.83 bits per heavy atom. The SMILES string of the molecule is CN(C)C(C)(C)C(=O)C1CCCc2cccnc21. The monoisotopic (exact) mass is 246 g/mol. The highest BCUT2D eigenvalue weighted by Crippen LogP contribution is 2.34. The molecule has 0 amide bonds. The summed E-state index contributed by atoms with van der Waals surface area (Å²) in [7, 11) is 3.92. The number of carbonyl (C=O) groups excluding carboxylic acids is 1. The van der Waals surface area contributed by atoms with Gasteiger partial charge in [-0.05, 0) is 58.8 Å². The molecule has 1 atom stereocenters. The molecule has 1 heterocycles. The first kappa shape index (κ1) is 13.2. The molecule has 0 aliphatic heterocycles. The number of nitrogens with zero attached hydrogens (tertiary/aromatic N) is 2. The Hall–Kier alpha value is -1.22. The lowest BCUT2D eigenvalue weighted by molar-refractivity contribution is -0.130. The van der Waals surface area contributed by atoms with Crippen LogP contribution < -0.4 is 0 Å². The van der Waals surface area contributed by atoms with Crippen molar-refractivity contribution in [2.24, 2.45) is 0 Å². The Kier molecular flexibility index (Phi) is 3.53. The van der Waals surface area contributed by atoms with Gasteiger partial charge in [-0.2, -0.15) is 0 Å². The third-order valence-corrected chi connectivity index (χ3v) is 4.23. The van der Waals surface area contributed by atoms with E-state index in [1.807, 2.05) is 38.9 Å². The summed E-state index contributed by atoms with van der Waals surface area (Å²) in [5.74, 6) is 0.250. The van der Waals surface area contributed by atoms with Crippen molar-refractivity contribution in [2.75, 3.05) is 14.1 Å². The van der Waals surface area contributed by atoms with E-state index in [1.165, 1.54) is 5.56 Å². The molecule has 1 aliphatic rings. The first-order valence-corrected chi connectivity index (χ1v) is 6.60. The number of carbonyl (C=O) groups is 1. The Morgan fingerprint density at radius 1 is 1.44 bits per heavy atom. The van der Waals surface area contributed by atoms with Gasteiger partial charge in [0.25, 0.3) is 0 Å². The molecule has 1 aliphatic carbocycles. The van der Waals surface area contributed by atoms with E-state index in [1.54, 1.807) is 6.20 Å². The quantitative estimate of drug-likeness (QED) is 0.821. The molecule has 1 aromatic rings. The van der Waals surface area contributed by atoms with Gasteiger partial charge in [0.1, 0.15) is 0 Å². The number of aryl methyl sites for hydroxylation is 1. The van der Waals surface area contributed by atoms with Crippen molar-refractivity contribution in [1.82, 2.24) is 9.88 Å². The zero-order valence-corrected chi connectivity index (χ0v) is 11.7. The lowest BCUT2D eigenvalue weighted by Gasteiger charge is -2.35. The highest BCUT2D eigenvalue weighted by atomic mass is 16.1. The number of fused-ring (bicyclic) bond motifs is 1. The number of aromatic nitrogens is 1. The van der Waals surface area contributed by atoms with E-state index in [-0.39, 0.29) is 11.7 Å². The van der Waals surface area contributed by atoms with Crippen molar-refractivity contribution in [2.45, 2.75) is 44.6 Å². The molecule has 1 unspecified atom stereocenters. The summed E-state index contributed by atoms with van der Waals surface area (Å²) in [4.78, 5) is 19.2. The number of ketones is 1. The first-order chi connectivity index (χ1) is 8.44. The molecule has 0 aromatic carbocycles. The minimum Gasteiger partial charge on any atom is -0.298 e. The van der Waals surface area contributed by atoms with Crippen LogP contribution in [0.5, 0.6) is 0 Å². The summed E-state index contributed by atoms with van der Waals surface area (Å²) >= 11 is 0. The standard InChI is InChI=1S/C15H22N2O/c1-15(2,17(3)4)14(18)12-9-5-7-11-8-6-10-16-13(11)12/h6,8,10,12H,5,7,9H2,1-4H3. The summed E-state index contributed by atoms with van der Waals surface area (Å²) in [6.07, 6.45) is 4.86. The maximum atomic E-state index is 12.7. The third-order valence-electron chi connectivity index (χ3n) is 4.23. The largest absolute Gasteiger partial charge is 0.298 e. The molecule has 0 spiro atoms. The highest BCUT2D eigenvalue weighted by molar-refractivity contribution is 5.93. The van der Waals surface area contributed by atoms with Crippen LogP contribution in [0.4, 0.5) is 0 Å². The van der Waals surface area contributed by atoms with Crippen molar-refractivity contribution in [3.05, 3.63) is 29.6 Å². The van der Waals surface area contributed by atoms with Crippen LogP contribution in [0.25, 0.3) is 0 Å². The molecule has 18 heavy (non-hydrogen) atoms. The van der Waals surface area contributed by atoms with Crippen molar-refractivity contribution >= 4 is 5.78 Å². The zero-order valence-electron chi connectivity index (χ0n) is 11.7. The summed E-state index contributed by atoms with van der Waals surface area (Å²) in [5, 5.41) is 0. The molecule has 0 bridgehead atoms. The van der Waals surface area contributed by atoms with E-state index in [4.69, 9.17) is 0 Å². The zero-order chi connectivity index (χ0) is 13.3. The summed E-state index contributed by atoms with van der Waals surface area (Å²) < 4.78 is 0. The summed E-state index contributed by atoms with van der Waals surface area (Å²) in [6, 6.07) is 4.06. The molecule has 0 saturated heterocycles.